The largest absolute Gasteiger partial charge is 0.339 e. The van der Waals surface area contributed by atoms with Gasteiger partial charge in [0.25, 0.3) is 5.91 Å². The first-order valence-electron chi connectivity index (χ1n) is 7.28. The van der Waals surface area contributed by atoms with Crippen LogP contribution in [-0.2, 0) is 0 Å². The van der Waals surface area contributed by atoms with Crippen molar-refractivity contribution >= 4 is 28.1 Å². The summed E-state index contributed by atoms with van der Waals surface area (Å²) >= 11 is 1.54. The first-order chi connectivity index (χ1) is 10.2. The number of nitrogens with one attached hydrogen (secondary N) is 1. The van der Waals surface area contributed by atoms with E-state index in [1.54, 1.807) is 17.5 Å². The maximum Gasteiger partial charge on any atom is 0.253 e. The molecule has 1 N–H and O–H groups in total. The second-order valence-corrected chi connectivity index (χ2v) is 6.41. The number of anilines is 2. The van der Waals surface area contributed by atoms with Gasteiger partial charge in [0.2, 0.25) is 0 Å². The van der Waals surface area contributed by atoms with Gasteiger partial charge in [0.05, 0.1) is 0 Å². The standard InChI is InChI=1S/C16H19N3OS/c1-12-5-8-19(9-6-12)15(20)13-3-2-4-14(11-13)18-16-17-7-10-21-16/h2-4,7,10-12H,5-6,8-9H2,1H3,(H,17,18). The number of thiazole rings is 1. The van der Waals surface area contributed by atoms with E-state index in [1.165, 1.54) is 0 Å². The number of rotatable bonds is 3. The van der Waals surface area contributed by atoms with Gasteiger partial charge >= 0.3 is 0 Å². The zero-order valence-corrected chi connectivity index (χ0v) is 12.9. The highest BCUT2D eigenvalue weighted by Gasteiger charge is 2.21. The summed E-state index contributed by atoms with van der Waals surface area (Å²) in [5.41, 5.74) is 1.65. The predicted octanol–water partition coefficient (Wildman–Crippen LogP) is 3.76. The number of carbonyl (C=O) groups is 1. The van der Waals surface area contributed by atoms with Crippen LogP contribution in [0.2, 0.25) is 0 Å². The zero-order chi connectivity index (χ0) is 14.7. The second kappa shape index (κ2) is 6.26. The lowest BCUT2D eigenvalue weighted by Crippen LogP contribution is -2.37. The third kappa shape index (κ3) is 3.42. The average molecular weight is 301 g/mol. The Balaban J connectivity index is 1.71. The summed E-state index contributed by atoms with van der Waals surface area (Å²) < 4.78 is 0. The molecule has 21 heavy (non-hydrogen) atoms. The first-order valence-corrected chi connectivity index (χ1v) is 8.16. The number of aromatic nitrogens is 1. The highest BCUT2D eigenvalue weighted by atomic mass is 32.1. The number of hydrogen-bond donors (Lipinski definition) is 1. The fourth-order valence-electron chi connectivity index (χ4n) is 2.53. The van der Waals surface area contributed by atoms with E-state index >= 15 is 0 Å². The Kier molecular flexibility index (Phi) is 4.20. The molecule has 3 rings (SSSR count). The monoisotopic (exact) mass is 301 g/mol. The van der Waals surface area contributed by atoms with Crippen LogP contribution in [0.15, 0.2) is 35.8 Å². The minimum atomic E-state index is 0.129. The van der Waals surface area contributed by atoms with Crippen LogP contribution in [0, 0.1) is 5.92 Å². The molecule has 0 bridgehead atoms. The molecule has 0 saturated carbocycles. The predicted molar refractivity (Wildman–Crippen MR) is 86.1 cm³/mol. The van der Waals surface area contributed by atoms with Crippen molar-refractivity contribution < 1.29 is 4.79 Å². The molecule has 1 aliphatic rings. The second-order valence-electron chi connectivity index (χ2n) is 5.52. The van der Waals surface area contributed by atoms with E-state index in [-0.39, 0.29) is 5.91 Å². The van der Waals surface area contributed by atoms with Crippen molar-refractivity contribution in [1.82, 2.24) is 9.88 Å². The number of carbonyl (C=O) groups excluding carboxylic acids is 1. The SMILES string of the molecule is CC1CCN(C(=O)c2cccc(Nc3nccs3)c2)CC1. The molecule has 0 spiro atoms. The van der Waals surface area contributed by atoms with Crippen molar-refractivity contribution in [1.29, 1.82) is 0 Å². The number of likely N-dealkylation sites (tertiary alicyclic amines) is 1. The Hall–Kier alpha value is -1.88. The highest BCUT2D eigenvalue weighted by Crippen LogP contribution is 2.22. The Labute approximate surface area is 128 Å². The Morgan fingerprint density at radius 2 is 2.19 bits per heavy atom. The van der Waals surface area contributed by atoms with Gasteiger partial charge in [0, 0.05) is 35.9 Å². The molecular weight excluding hydrogens is 282 g/mol. The molecule has 0 aliphatic carbocycles. The van der Waals surface area contributed by atoms with E-state index in [4.69, 9.17) is 0 Å². The minimum absolute atomic E-state index is 0.129. The van der Waals surface area contributed by atoms with Crippen LogP contribution in [0.25, 0.3) is 0 Å². The van der Waals surface area contributed by atoms with Gasteiger partial charge in [0.15, 0.2) is 5.13 Å². The summed E-state index contributed by atoms with van der Waals surface area (Å²) in [6.07, 6.45) is 3.96. The zero-order valence-electron chi connectivity index (χ0n) is 12.1. The molecule has 110 valence electrons. The molecule has 1 saturated heterocycles. The minimum Gasteiger partial charge on any atom is -0.339 e. The van der Waals surface area contributed by atoms with Crippen molar-refractivity contribution in [3.8, 4) is 0 Å². The maximum absolute atomic E-state index is 12.5. The summed E-state index contributed by atoms with van der Waals surface area (Å²) in [4.78, 5) is 18.7. The molecule has 1 aromatic carbocycles. The third-order valence-electron chi connectivity index (χ3n) is 3.86. The summed E-state index contributed by atoms with van der Waals surface area (Å²) in [7, 11) is 0. The van der Waals surface area contributed by atoms with E-state index in [1.807, 2.05) is 34.5 Å². The van der Waals surface area contributed by atoms with E-state index in [2.05, 4.69) is 17.2 Å². The summed E-state index contributed by atoms with van der Waals surface area (Å²) in [5.74, 6) is 0.858. The van der Waals surface area contributed by atoms with Gasteiger partial charge in [-0.3, -0.25) is 4.79 Å². The van der Waals surface area contributed by atoms with E-state index in [9.17, 15) is 4.79 Å². The van der Waals surface area contributed by atoms with Crippen LogP contribution >= 0.6 is 11.3 Å². The van der Waals surface area contributed by atoms with Gasteiger partial charge in [0.1, 0.15) is 0 Å². The summed E-state index contributed by atoms with van der Waals surface area (Å²) in [6.45, 7) is 3.98. The molecule has 4 nitrogen and oxygen atoms in total. The normalized spacial score (nSPS) is 16.0. The first kappa shape index (κ1) is 14.1. The number of nitrogens with zero attached hydrogens (tertiary/aromatic N) is 2. The van der Waals surface area contributed by atoms with Crippen LogP contribution < -0.4 is 5.32 Å². The lowest BCUT2D eigenvalue weighted by atomic mass is 9.98. The quantitative estimate of drug-likeness (QED) is 0.939. The molecule has 1 aliphatic heterocycles. The molecule has 0 atom stereocenters. The van der Waals surface area contributed by atoms with Gasteiger partial charge < -0.3 is 10.2 Å². The van der Waals surface area contributed by atoms with Gasteiger partial charge in [-0.15, -0.1) is 11.3 Å². The van der Waals surface area contributed by atoms with Crippen molar-refractivity contribution in [2.24, 2.45) is 5.92 Å². The molecule has 1 aromatic heterocycles. The van der Waals surface area contributed by atoms with Crippen molar-refractivity contribution in [2.75, 3.05) is 18.4 Å². The molecule has 2 heterocycles. The lowest BCUT2D eigenvalue weighted by molar-refractivity contribution is 0.0697. The average Bonchev–Trinajstić information content (AvgIpc) is 3.00. The van der Waals surface area contributed by atoms with Gasteiger partial charge in [-0.1, -0.05) is 13.0 Å². The van der Waals surface area contributed by atoms with Crippen molar-refractivity contribution in [2.45, 2.75) is 19.8 Å². The van der Waals surface area contributed by atoms with Gasteiger partial charge in [-0.25, -0.2) is 4.98 Å². The molecule has 1 fully saturated rings. The Morgan fingerprint density at radius 3 is 2.90 bits per heavy atom. The topological polar surface area (TPSA) is 45.2 Å². The molecule has 5 heteroatoms. The lowest BCUT2D eigenvalue weighted by Gasteiger charge is -2.30. The summed E-state index contributed by atoms with van der Waals surface area (Å²) in [6, 6.07) is 7.65. The number of hydrogen-bond acceptors (Lipinski definition) is 4. The highest BCUT2D eigenvalue weighted by molar-refractivity contribution is 7.13. The number of benzene rings is 1. The van der Waals surface area contributed by atoms with E-state index in [0.29, 0.717) is 0 Å². The van der Waals surface area contributed by atoms with Crippen molar-refractivity contribution in [3.63, 3.8) is 0 Å². The third-order valence-corrected chi connectivity index (χ3v) is 4.55. The van der Waals surface area contributed by atoms with E-state index < -0.39 is 0 Å². The van der Waals surface area contributed by atoms with Crippen LogP contribution in [0.3, 0.4) is 0 Å². The molecular formula is C16H19N3OS. The maximum atomic E-state index is 12.5. The van der Waals surface area contributed by atoms with Crippen LogP contribution in [-0.4, -0.2) is 28.9 Å². The molecule has 0 radical (unpaired) electrons. The Bertz CT molecular complexity index is 604. The van der Waals surface area contributed by atoms with Gasteiger partial charge in [-0.05, 0) is 37.0 Å². The smallest absolute Gasteiger partial charge is 0.253 e. The fraction of sp³-hybridized carbons (Fsp3) is 0.375. The fourth-order valence-corrected chi connectivity index (χ4v) is 3.08. The molecule has 0 unspecified atom stereocenters. The van der Waals surface area contributed by atoms with Crippen LogP contribution in [0.5, 0.6) is 0 Å². The number of piperidine rings is 1. The Morgan fingerprint density at radius 1 is 1.38 bits per heavy atom. The summed E-state index contributed by atoms with van der Waals surface area (Å²) in [5, 5.41) is 5.99. The van der Waals surface area contributed by atoms with Crippen LogP contribution in [0.4, 0.5) is 10.8 Å². The van der Waals surface area contributed by atoms with Gasteiger partial charge in [-0.2, -0.15) is 0 Å². The van der Waals surface area contributed by atoms with E-state index in [0.717, 1.165) is 48.2 Å². The van der Waals surface area contributed by atoms with Crippen molar-refractivity contribution in [3.05, 3.63) is 41.4 Å². The number of amides is 1. The molecule has 2 aromatic rings. The molecule has 1 amide bonds. The van der Waals surface area contributed by atoms with Crippen LogP contribution in [0.1, 0.15) is 30.1 Å².